The third-order valence-corrected chi connectivity index (χ3v) is 5.42. The topological polar surface area (TPSA) is 122 Å². The Bertz CT molecular complexity index is 966. The molecule has 0 saturated heterocycles. The number of halogens is 3. The molecular formula is C19H22F3N7O. The van der Waals surface area contributed by atoms with Gasteiger partial charge >= 0.3 is 6.18 Å². The first-order valence-electron chi connectivity index (χ1n) is 9.67. The zero-order chi connectivity index (χ0) is 21.5. The summed E-state index contributed by atoms with van der Waals surface area (Å²) in [6, 6.07) is 4.43. The van der Waals surface area contributed by atoms with E-state index in [2.05, 4.69) is 20.6 Å². The minimum Gasteiger partial charge on any atom is -0.350 e. The Morgan fingerprint density at radius 2 is 1.97 bits per heavy atom. The standard InChI is InChI=1S/C19H22F3N7O/c20-19(21,22)10-4-3-5-11(8-10)29(24)16-15-14(9-25-17(15)30)27-18(28-16)26-13-7-2-1-6-12(13)23/h3-5,8,12-13H,1-2,6-7,9,23-24H2,(H,25,30)(H,26,27,28)/t12-,13+/m0/s1. The molecule has 160 valence electrons. The smallest absolute Gasteiger partial charge is 0.350 e. The Morgan fingerprint density at radius 1 is 1.20 bits per heavy atom. The molecule has 0 unspecified atom stereocenters. The van der Waals surface area contributed by atoms with E-state index in [-0.39, 0.29) is 41.6 Å². The van der Waals surface area contributed by atoms with Crippen LogP contribution in [0.2, 0.25) is 0 Å². The summed E-state index contributed by atoms with van der Waals surface area (Å²) in [6.07, 6.45) is -0.709. The number of amides is 1. The summed E-state index contributed by atoms with van der Waals surface area (Å²) in [4.78, 5) is 21.1. The van der Waals surface area contributed by atoms with Crippen LogP contribution in [0.15, 0.2) is 24.3 Å². The van der Waals surface area contributed by atoms with Crippen molar-refractivity contribution in [3.63, 3.8) is 0 Å². The maximum absolute atomic E-state index is 13.1. The average molecular weight is 421 g/mol. The molecule has 2 atom stereocenters. The summed E-state index contributed by atoms with van der Waals surface area (Å²) in [7, 11) is 0. The normalized spacial score (nSPS) is 21.2. The van der Waals surface area contributed by atoms with E-state index < -0.39 is 17.6 Å². The molecule has 2 heterocycles. The molecule has 30 heavy (non-hydrogen) atoms. The number of carbonyl (C=O) groups is 1. The zero-order valence-electron chi connectivity index (χ0n) is 16.0. The van der Waals surface area contributed by atoms with Gasteiger partial charge in [0, 0.05) is 12.1 Å². The van der Waals surface area contributed by atoms with E-state index in [9.17, 15) is 18.0 Å². The van der Waals surface area contributed by atoms with E-state index in [1.54, 1.807) is 0 Å². The fourth-order valence-electron chi connectivity index (χ4n) is 3.80. The fraction of sp³-hybridized carbons (Fsp3) is 0.421. The summed E-state index contributed by atoms with van der Waals surface area (Å²) >= 11 is 0. The highest BCUT2D eigenvalue weighted by molar-refractivity contribution is 6.03. The molecule has 0 spiro atoms. The van der Waals surface area contributed by atoms with Crippen LogP contribution in [0.25, 0.3) is 0 Å². The number of nitrogens with one attached hydrogen (secondary N) is 2. The van der Waals surface area contributed by atoms with Crippen molar-refractivity contribution in [2.75, 3.05) is 10.3 Å². The molecular weight excluding hydrogens is 399 g/mol. The highest BCUT2D eigenvalue weighted by atomic mass is 19.4. The molecule has 1 aromatic heterocycles. The Kier molecular flexibility index (Phi) is 5.24. The van der Waals surface area contributed by atoms with Gasteiger partial charge in [-0.05, 0) is 31.0 Å². The highest BCUT2D eigenvalue weighted by Crippen LogP contribution is 2.34. The zero-order valence-corrected chi connectivity index (χ0v) is 16.0. The van der Waals surface area contributed by atoms with Crippen LogP contribution in [0.5, 0.6) is 0 Å². The predicted molar refractivity (Wildman–Crippen MR) is 105 cm³/mol. The van der Waals surface area contributed by atoms with Gasteiger partial charge in [0.05, 0.1) is 23.5 Å². The monoisotopic (exact) mass is 421 g/mol. The first-order valence-corrected chi connectivity index (χ1v) is 9.67. The van der Waals surface area contributed by atoms with Crippen molar-refractivity contribution in [1.82, 2.24) is 15.3 Å². The molecule has 11 heteroatoms. The van der Waals surface area contributed by atoms with Crippen molar-refractivity contribution >= 4 is 23.4 Å². The number of carbonyl (C=O) groups excluding carboxylic acids is 1. The molecule has 0 bridgehead atoms. The van der Waals surface area contributed by atoms with Gasteiger partial charge in [-0.25, -0.2) is 10.8 Å². The number of rotatable bonds is 4. The predicted octanol–water partition coefficient (Wildman–Crippen LogP) is 2.43. The molecule has 8 nitrogen and oxygen atoms in total. The molecule has 2 aromatic rings. The van der Waals surface area contributed by atoms with Crippen molar-refractivity contribution in [3.05, 3.63) is 41.1 Å². The lowest BCUT2D eigenvalue weighted by Crippen LogP contribution is -2.43. The third-order valence-electron chi connectivity index (χ3n) is 5.42. The number of hydrogen-bond acceptors (Lipinski definition) is 7. The van der Waals surface area contributed by atoms with Gasteiger partial charge in [0.1, 0.15) is 5.56 Å². The third kappa shape index (κ3) is 3.90. The molecule has 4 rings (SSSR count). The van der Waals surface area contributed by atoms with Gasteiger partial charge in [0.25, 0.3) is 5.91 Å². The van der Waals surface area contributed by atoms with Crippen LogP contribution in [0.3, 0.4) is 0 Å². The summed E-state index contributed by atoms with van der Waals surface area (Å²) in [5.74, 6) is 5.98. The largest absolute Gasteiger partial charge is 0.416 e. The number of nitrogens with zero attached hydrogens (tertiary/aromatic N) is 3. The van der Waals surface area contributed by atoms with Crippen molar-refractivity contribution in [3.8, 4) is 0 Å². The molecule has 1 saturated carbocycles. The maximum atomic E-state index is 13.1. The number of alkyl halides is 3. The number of fused-ring (bicyclic) bond motifs is 1. The minimum absolute atomic E-state index is 0.0289. The van der Waals surface area contributed by atoms with E-state index in [1.165, 1.54) is 12.1 Å². The summed E-state index contributed by atoms with van der Waals surface area (Å²) in [6.45, 7) is 0.186. The second kappa shape index (κ2) is 7.73. The summed E-state index contributed by atoms with van der Waals surface area (Å²) in [5, 5.41) is 6.84. The molecule has 1 fully saturated rings. The summed E-state index contributed by atoms with van der Waals surface area (Å²) < 4.78 is 39.3. The minimum atomic E-state index is -4.52. The Balaban J connectivity index is 1.71. The van der Waals surface area contributed by atoms with Gasteiger partial charge in [0.15, 0.2) is 5.82 Å². The number of nitrogens with two attached hydrogens (primary N) is 2. The molecule has 1 aliphatic heterocycles. The van der Waals surface area contributed by atoms with Crippen molar-refractivity contribution in [1.29, 1.82) is 0 Å². The van der Waals surface area contributed by atoms with Gasteiger partial charge in [0.2, 0.25) is 5.95 Å². The van der Waals surface area contributed by atoms with E-state index >= 15 is 0 Å². The van der Waals surface area contributed by atoms with Crippen molar-refractivity contribution in [2.45, 2.75) is 50.5 Å². The first-order chi connectivity index (χ1) is 14.2. The van der Waals surface area contributed by atoms with Gasteiger partial charge in [-0.2, -0.15) is 18.2 Å². The molecule has 6 N–H and O–H groups in total. The molecule has 1 aliphatic carbocycles. The Morgan fingerprint density at radius 3 is 2.70 bits per heavy atom. The van der Waals surface area contributed by atoms with Crippen LogP contribution in [0.4, 0.5) is 30.6 Å². The second-order valence-electron chi connectivity index (χ2n) is 7.49. The number of hydrazine groups is 1. The number of benzene rings is 1. The lowest BCUT2D eigenvalue weighted by atomic mass is 9.91. The SMILES string of the molecule is N[C@H]1CCCC[C@H]1Nc1nc2c(c(N(N)c3cccc(C(F)(F)F)c3)n1)C(=O)NC2. The first kappa shape index (κ1) is 20.4. The van der Waals surface area contributed by atoms with Crippen LogP contribution in [0, 0.1) is 0 Å². The van der Waals surface area contributed by atoms with E-state index in [0.29, 0.717) is 5.69 Å². The Hall–Kier alpha value is -2.92. The van der Waals surface area contributed by atoms with Crippen LogP contribution in [-0.4, -0.2) is 28.0 Å². The van der Waals surface area contributed by atoms with E-state index in [4.69, 9.17) is 11.6 Å². The molecule has 1 amide bonds. The molecule has 0 radical (unpaired) electrons. The highest BCUT2D eigenvalue weighted by Gasteiger charge is 2.33. The lowest BCUT2D eigenvalue weighted by Gasteiger charge is -2.29. The lowest BCUT2D eigenvalue weighted by molar-refractivity contribution is -0.137. The summed E-state index contributed by atoms with van der Waals surface area (Å²) in [5.41, 5.74) is 5.96. The maximum Gasteiger partial charge on any atom is 0.416 e. The number of hydrogen-bond donors (Lipinski definition) is 4. The van der Waals surface area contributed by atoms with Crippen molar-refractivity contribution in [2.24, 2.45) is 11.6 Å². The van der Waals surface area contributed by atoms with Gasteiger partial charge < -0.3 is 16.4 Å². The number of aromatic nitrogens is 2. The average Bonchev–Trinajstić information content (AvgIpc) is 3.09. The van der Waals surface area contributed by atoms with E-state index in [0.717, 1.165) is 42.8 Å². The second-order valence-corrected chi connectivity index (χ2v) is 7.49. The van der Waals surface area contributed by atoms with Gasteiger partial charge in [-0.3, -0.25) is 9.80 Å². The molecule has 2 aliphatic rings. The van der Waals surface area contributed by atoms with Crippen LogP contribution >= 0.6 is 0 Å². The van der Waals surface area contributed by atoms with Gasteiger partial charge in [-0.1, -0.05) is 18.9 Å². The quantitative estimate of drug-likeness (QED) is 0.442. The number of anilines is 3. The van der Waals surface area contributed by atoms with Crippen LogP contribution in [0.1, 0.15) is 47.3 Å². The van der Waals surface area contributed by atoms with Gasteiger partial charge in [-0.15, -0.1) is 0 Å². The van der Waals surface area contributed by atoms with E-state index in [1.807, 2.05) is 0 Å². The molecule has 1 aromatic carbocycles. The Labute approximate surface area is 170 Å². The van der Waals surface area contributed by atoms with Crippen molar-refractivity contribution < 1.29 is 18.0 Å². The fourth-order valence-corrected chi connectivity index (χ4v) is 3.80. The van der Waals surface area contributed by atoms with Crippen LogP contribution < -0.4 is 27.2 Å². The van der Waals surface area contributed by atoms with Crippen LogP contribution in [-0.2, 0) is 12.7 Å².